The van der Waals surface area contributed by atoms with Crippen LogP contribution in [0.2, 0.25) is 0 Å². The van der Waals surface area contributed by atoms with Crippen molar-refractivity contribution in [1.82, 2.24) is 0 Å². The van der Waals surface area contributed by atoms with Crippen molar-refractivity contribution < 1.29 is 38.4 Å². The lowest BCUT2D eigenvalue weighted by molar-refractivity contribution is -0.138. The average molecular weight is 432 g/mol. The summed E-state index contributed by atoms with van der Waals surface area (Å²) in [5.41, 5.74) is -0.621. The fourth-order valence-electron chi connectivity index (χ4n) is 4.43. The maximum atomic E-state index is 12.9. The number of carboxylic acids is 1. The number of hydrogen-bond donors (Lipinski definition) is 4. The van der Waals surface area contributed by atoms with E-state index in [-0.39, 0.29) is 36.7 Å². The Hall–Kier alpha value is -1.64. The van der Waals surface area contributed by atoms with Crippen LogP contribution in [0, 0.1) is 11.8 Å². The number of alkyl halides is 3. The third-order valence-corrected chi connectivity index (χ3v) is 6.07. The smallest absolute Gasteiger partial charge is 0.416 e. The van der Waals surface area contributed by atoms with Crippen LogP contribution in [0.3, 0.4) is 0 Å². The molecule has 0 saturated heterocycles. The van der Waals surface area contributed by atoms with Gasteiger partial charge in [-0.1, -0.05) is 31.4 Å². The van der Waals surface area contributed by atoms with Crippen molar-refractivity contribution in [2.24, 2.45) is 11.8 Å². The van der Waals surface area contributed by atoms with Gasteiger partial charge < -0.3 is 20.4 Å². The highest BCUT2D eigenvalue weighted by Gasteiger charge is 2.41. The molecule has 1 fully saturated rings. The summed E-state index contributed by atoms with van der Waals surface area (Å²) in [5, 5.41) is 39.6. The number of halogens is 3. The SMILES string of the molecule is O=C(O)CCCCCCC1C(O)CC(O)C1CCC(O)c1cccc(C(F)(F)F)c1. The van der Waals surface area contributed by atoms with E-state index in [1.807, 2.05) is 0 Å². The summed E-state index contributed by atoms with van der Waals surface area (Å²) >= 11 is 0. The highest BCUT2D eigenvalue weighted by molar-refractivity contribution is 5.66. The second-order valence-electron chi connectivity index (χ2n) is 8.26. The van der Waals surface area contributed by atoms with Crippen molar-refractivity contribution in [3.05, 3.63) is 35.4 Å². The van der Waals surface area contributed by atoms with E-state index in [2.05, 4.69) is 0 Å². The second-order valence-corrected chi connectivity index (χ2v) is 8.26. The summed E-state index contributed by atoms with van der Waals surface area (Å²) in [7, 11) is 0. The fourth-order valence-corrected chi connectivity index (χ4v) is 4.43. The number of unbranched alkanes of at least 4 members (excludes halogenated alkanes) is 3. The van der Waals surface area contributed by atoms with E-state index in [9.17, 15) is 33.3 Å². The van der Waals surface area contributed by atoms with Gasteiger partial charge in [0.15, 0.2) is 0 Å². The molecule has 0 aliphatic heterocycles. The average Bonchev–Trinajstić information content (AvgIpc) is 2.94. The molecule has 1 saturated carbocycles. The lowest BCUT2D eigenvalue weighted by atomic mass is 9.84. The number of benzene rings is 1. The third kappa shape index (κ3) is 7.25. The zero-order chi connectivity index (χ0) is 22.3. The van der Waals surface area contributed by atoms with Gasteiger partial charge in [0.25, 0.3) is 0 Å². The Morgan fingerprint density at radius 1 is 1.03 bits per heavy atom. The number of hydrogen-bond acceptors (Lipinski definition) is 4. The van der Waals surface area contributed by atoms with Crippen LogP contribution in [0.15, 0.2) is 24.3 Å². The van der Waals surface area contributed by atoms with Gasteiger partial charge in [-0.15, -0.1) is 0 Å². The van der Waals surface area contributed by atoms with Crippen molar-refractivity contribution in [3.8, 4) is 0 Å². The van der Waals surface area contributed by atoms with E-state index in [1.54, 1.807) is 0 Å². The van der Waals surface area contributed by atoms with Crippen molar-refractivity contribution in [2.75, 3.05) is 0 Å². The van der Waals surface area contributed by atoms with Gasteiger partial charge in [-0.05, 0) is 61.6 Å². The number of carboxylic acid groups (broad SMARTS) is 1. The summed E-state index contributed by atoms with van der Waals surface area (Å²) < 4.78 is 38.6. The van der Waals surface area contributed by atoms with E-state index in [0.29, 0.717) is 19.3 Å². The van der Waals surface area contributed by atoms with Crippen LogP contribution in [0.4, 0.5) is 13.2 Å². The first-order chi connectivity index (χ1) is 14.1. The van der Waals surface area contributed by atoms with Gasteiger partial charge >= 0.3 is 12.1 Å². The van der Waals surface area contributed by atoms with Gasteiger partial charge in [0.05, 0.1) is 23.9 Å². The first-order valence-electron chi connectivity index (χ1n) is 10.5. The van der Waals surface area contributed by atoms with E-state index in [1.165, 1.54) is 12.1 Å². The number of aliphatic hydroxyl groups excluding tert-OH is 3. The van der Waals surface area contributed by atoms with Crippen LogP contribution in [0.1, 0.15) is 75.0 Å². The van der Waals surface area contributed by atoms with Crippen LogP contribution < -0.4 is 0 Å². The number of rotatable bonds is 11. The molecule has 0 amide bonds. The minimum atomic E-state index is -4.48. The van der Waals surface area contributed by atoms with Crippen LogP contribution in [0.25, 0.3) is 0 Å². The Morgan fingerprint density at radius 2 is 1.67 bits per heavy atom. The van der Waals surface area contributed by atoms with Gasteiger partial charge in [0.2, 0.25) is 0 Å². The first-order valence-corrected chi connectivity index (χ1v) is 10.5. The molecule has 0 spiro atoms. The number of carbonyl (C=O) groups is 1. The van der Waals surface area contributed by atoms with Crippen LogP contribution >= 0.6 is 0 Å². The summed E-state index contributed by atoms with van der Waals surface area (Å²) in [6.45, 7) is 0. The standard InChI is InChI=1S/C22H31F3O5/c23-22(24,25)15-7-5-6-14(12-15)18(26)11-10-17-16(19(27)13-20(17)28)8-3-1-2-4-9-21(29)30/h5-7,12,16-20,26-28H,1-4,8-11,13H2,(H,29,30). The molecule has 0 aromatic heterocycles. The predicted octanol–water partition coefficient (Wildman–Crippen LogP) is 4.30. The molecule has 1 aromatic rings. The van der Waals surface area contributed by atoms with Gasteiger partial charge in [0, 0.05) is 6.42 Å². The molecule has 2 rings (SSSR count). The molecule has 30 heavy (non-hydrogen) atoms. The minimum absolute atomic E-state index is 0.131. The summed E-state index contributed by atoms with van der Waals surface area (Å²) in [5.74, 6) is -1.17. The van der Waals surface area contributed by atoms with Crippen LogP contribution in [0.5, 0.6) is 0 Å². The predicted molar refractivity (Wildman–Crippen MR) is 105 cm³/mol. The number of aliphatic hydroxyl groups is 3. The topological polar surface area (TPSA) is 98.0 Å². The zero-order valence-corrected chi connectivity index (χ0v) is 16.9. The van der Waals surface area contributed by atoms with Gasteiger partial charge in [-0.25, -0.2) is 0 Å². The lowest BCUT2D eigenvalue weighted by Gasteiger charge is -2.25. The van der Waals surface area contributed by atoms with Crippen molar-refractivity contribution >= 4 is 5.97 Å². The molecular formula is C22H31F3O5. The first kappa shape index (κ1) is 24.6. The van der Waals surface area contributed by atoms with E-state index >= 15 is 0 Å². The molecule has 0 bridgehead atoms. The molecule has 5 atom stereocenters. The largest absolute Gasteiger partial charge is 0.481 e. The molecule has 1 aliphatic rings. The molecule has 4 N–H and O–H groups in total. The molecule has 170 valence electrons. The Kier molecular flexibility index (Phi) is 9.12. The Bertz CT molecular complexity index is 679. The van der Waals surface area contributed by atoms with Gasteiger partial charge in [-0.2, -0.15) is 13.2 Å². The van der Waals surface area contributed by atoms with E-state index < -0.39 is 36.0 Å². The van der Waals surface area contributed by atoms with Crippen molar-refractivity contribution in [1.29, 1.82) is 0 Å². The zero-order valence-electron chi connectivity index (χ0n) is 16.9. The highest BCUT2D eigenvalue weighted by Crippen LogP contribution is 2.40. The molecule has 8 heteroatoms. The molecule has 1 aromatic carbocycles. The van der Waals surface area contributed by atoms with Gasteiger partial charge in [-0.3, -0.25) is 4.79 Å². The summed E-state index contributed by atoms with van der Waals surface area (Å²) in [6, 6.07) is 4.62. The molecule has 5 unspecified atom stereocenters. The molecule has 0 heterocycles. The molecular weight excluding hydrogens is 401 g/mol. The van der Waals surface area contributed by atoms with Crippen molar-refractivity contribution in [2.45, 2.75) is 82.3 Å². The maximum Gasteiger partial charge on any atom is 0.416 e. The van der Waals surface area contributed by atoms with E-state index in [4.69, 9.17) is 5.11 Å². The monoisotopic (exact) mass is 432 g/mol. The summed E-state index contributed by atoms with van der Waals surface area (Å²) in [6.07, 6.45) is -2.16. The minimum Gasteiger partial charge on any atom is -0.481 e. The molecule has 1 aliphatic carbocycles. The van der Waals surface area contributed by atoms with Crippen LogP contribution in [-0.2, 0) is 11.0 Å². The molecule has 0 radical (unpaired) electrons. The highest BCUT2D eigenvalue weighted by atomic mass is 19.4. The van der Waals surface area contributed by atoms with E-state index in [0.717, 1.165) is 31.4 Å². The number of aliphatic carboxylic acids is 1. The summed E-state index contributed by atoms with van der Waals surface area (Å²) in [4.78, 5) is 10.5. The Morgan fingerprint density at radius 3 is 2.30 bits per heavy atom. The quantitative estimate of drug-likeness (QED) is 0.391. The second kappa shape index (κ2) is 11.1. The molecule has 5 nitrogen and oxygen atoms in total. The van der Waals surface area contributed by atoms with Crippen molar-refractivity contribution in [3.63, 3.8) is 0 Å². The lowest BCUT2D eigenvalue weighted by Crippen LogP contribution is -2.23. The maximum absolute atomic E-state index is 12.9. The Labute approximate surface area is 174 Å². The van der Waals surface area contributed by atoms with Gasteiger partial charge in [0.1, 0.15) is 0 Å². The third-order valence-electron chi connectivity index (χ3n) is 6.07. The van der Waals surface area contributed by atoms with Crippen LogP contribution in [-0.4, -0.2) is 38.6 Å². The Balaban J connectivity index is 1.86. The fraction of sp³-hybridized carbons (Fsp3) is 0.682. The normalized spacial score (nSPS) is 25.4.